The number of ether oxygens (including phenoxy) is 3. The molecule has 0 bridgehead atoms. The Bertz CT molecular complexity index is 154. The molecule has 0 fully saturated rings. The predicted octanol–water partition coefficient (Wildman–Crippen LogP) is 0.991. The standard InChI is InChI=1S/C9H18O4/c1-9(2,12-4)5-6-13-7-8(10)11-3/h5-7H2,1-4H3. The Morgan fingerprint density at radius 1 is 1.31 bits per heavy atom. The molecule has 0 amide bonds. The van der Waals surface area contributed by atoms with Gasteiger partial charge in [-0.15, -0.1) is 0 Å². The molecule has 0 aromatic rings. The summed E-state index contributed by atoms with van der Waals surface area (Å²) in [4.78, 5) is 10.6. The van der Waals surface area contributed by atoms with E-state index in [1.54, 1.807) is 7.11 Å². The summed E-state index contributed by atoms with van der Waals surface area (Å²) >= 11 is 0. The molecular formula is C9H18O4. The minimum Gasteiger partial charge on any atom is -0.467 e. The third-order valence-corrected chi connectivity index (χ3v) is 1.85. The Morgan fingerprint density at radius 3 is 2.38 bits per heavy atom. The lowest BCUT2D eigenvalue weighted by molar-refractivity contribution is -0.146. The van der Waals surface area contributed by atoms with Crippen LogP contribution in [-0.2, 0) is 19.0 Å². The lowest BCUT2D eigenvalue weighted by Crippen LogP contribution is -2.25. The average Bonchev–Trinajstić information content (AvgIpc) is 2.12. The van der Waals surface area contributed by atoms with E-state index in [-0.39, 0.29) is 18.2 Å². The molecule has 0 aromatic heterocycles. The Kier molecular flexibility index (Phi) is 5.66. The molecule has 78 valence electrons. The van der Waals surface area contributed by atoms with E-state index in [2.05, 4.69) is 4.74 Å². The van der Waals surface area contributed by atoms with Crippen molar-refractivity contribution in [1.29, 1.82) is 0 Å². The van der Waals surface area contributed by atoms with Gasteiger partial charge in [-0.2, -0.15) is 0 Å². The quantitative estimate of drug-likeness (QED) is 0.463. The summed E-state index contributed by atoms with van der Waals surface area (Å²) in [6.45, 7) is 4.44. The van der Waals surface area contributed by atoms with E-state index in [1.807, 2.05) is 13.8 Å². The molecule has 0 aliphatic heterocycles. The van der Waals surface area contributed by atoms with Crippen molar-refractivity contribution < 1.29 is 19.0 Å². The molecule has 0 unspecified atom stereocenters. The summed E-state index contributed by atoms with van der Waals surface area (Å²) in [5, 5.41) is 0. The number of hydrogen-bond acceptors (Lipinski definition) is 4. The van der Waals surface area contributed by atoms with Crippen LogP contribution in [0, 0.1) is 0 Å². The molecular weight excluding hydrogens is 172 g/mol. The normalized spacial score (nSPS) is 11.4. The molecule has 0 heterocycles. The predicted molar refractivity (Wildman–Crippen MR) is 48.5 cm³/mol. The van der Waals surface area contributed by atoms with Crippen molar-refractivity contribution in [1.82, 2.24) is 0 Å². The largest absolute Gasteiger partial charge is 0.467 e. The molecule has 0 rings (SSSR count). The summed E-state index contributed by atoms with van der Waals surface area (Å²) in [5.74, 6) is -0.352. The minimum absolute atomic E-state index is 0.0102. The number of methoxy groups -OCH3 is 2. The van der Waals surface area contributed by atoms with Crippen LogP contribution in [0.15, 0.2) is 0 Å². The fourth-order valence-corrected chi connectivity index (χ4v) is 0.634. The van der Waals surface area contributed by atoms with Crippen LogP contribution in [0.2, 0.25) is 0 Å². The smallest absolute Gasteiger partial charge is 0.331 e. The van der Waals surface area contributed by atoms with E-state index >= 15 is 0 Å². The SMILES string of the molecule is COC(=O)COCCC(C)(C)OC. The van der Waals surface area contributed by atoms with Gasteiger partial charge in [0, 0.05) is 7.11 Å². The van der Waals surface area contributed by atoms with Gasteiger partial charge < -0.3 is 14.2 Å². The molecule has 0 saturated carbocycles. The lowest BCUT2D eigenvalue weighted by atomic mass is 10.1. The summed E-state index contributed by atoms with van der Waals surface area (Å²) in [6, 6.07) is 0. The molecule has 4 nitrogen and oxygen atoms in total. The van der Waals surface area contributed by atoms with E-state index in [1.165, 1.54) is 7.11 Å². The second kappa shape index (κ2) is 5.94. The van der Waals surface area contributed by atoms with Crippen LogP contribution in [0.4, 0.5) is 0 Å². The van der Waals surface area contributed by atoms with Crippen LogP contribution >= 0.6 is 0 Å². The van der Waals surface area contributed by atoms with Gasteiger partial charge in [0.05, 0.1) is 19.3 Å². The van der Waals surface area contributed by atoms with E-state index in [4.69, 9.17) is 9.47 Å². The second-order valence-corrected chi connectivity index (χ2v) is 3.34. The first-order valence-corrected chi connectivity index (χ1v) is 4.21. The summed E-state index contributed by atoms with van der Waals surface area (Å²) < 4.78 is 14.7. The van der Waals surface area contributed by atoms with Gasteiger partial charge in [0.2, 0.25) is 0 Å². The highest BCUT2D eigenvalue weighted by molar-refractivity contribution is 5.70. The molecule has 0 atom stereocenters. The molecule has 0 aromatic carbocycles. The van der Waals surface area contributed by atoms with Crippen LogP contribution in [-0.4, -0.2) is 39.0 Å². The lowest BCUT2D eigenvalue weighted by Gasteiger charge is -2.22. The molecule has 0 N–H and O–H groups in total. The first-order chi connectivity index (χ1) is 6.02. The minimum atomic E-state index is -0.352. The van der Waals surface area contributed by atoms with Crippen molar-refractivity contribution in [2.45, 2.75) is 25.9 Å². The number of esters is 1. The zero-order valence-electron chi connectivity index (χ0n) is 8.75. The van der Waals surface area contributed by atoms with Crippen molar-refractivity contribution >= 4 is 5.97 Å². The molecule has 13 heavy (non-hydrogen) atoms. The van der Waals surface area contributed by atoms with Gasteiger partial charge >= 0.3 is 5.97 Å². The van der Waals surface area contributed by atoms with Crippen molar-refractivity contribution in [3.8, 4) is 0 Å². The maximum atomic E-state index is 10.6. The zero-order chi connectivity index (χ0) is 10.3. The van der Waals surface area contributed by atoms with Crippen molar-refractivity contribution in [3.63, 3.8) is 0 Å². The number of hydrogen-bond donors (Lipinski definition) is 0. The van der Waals surface area contributed by atoms with Crippen molar-refractivity contribution in [3.05, 3.63) is 0 Å². The fraction of sp³-hybridized carbons (Fsp3) is 0.889. The van der Waals surface area contributed by atoms with E-state index < -0.39 is 0 Å². The summed E-state index contributed by atoms with van der Waals surface area (Å²) in [7, 11) is 2.99. The number of rotatable bonds is 6. The monoisotopic (exact) mass is 190 g/mol. The van der Waals surface area contributed by atoms with Gasteiger partial charge in [0.15, 0.2) is 0 Å². The second-order valence-electron chi connectivity index (χ2n) is 3.34. The van der Waals surface area contributed by atoms with Crippen molar-refractivity contribution in [2.24, 2.45) is 0 Å². The average molecular weight is 190 g/mol. The Labute approximate surface area is 79.2 Å². The molecule has 0 saturated heterocycles. The third-order valence-electron chi connectivity index (χ3n) is 1.85. The van der Waals surface area contributed by atoms with Crippen LogP contribution in [0.3, 0.4) is 0 Å². The summed E-state index contributed by atoms with van der Waals surface area (Å²) in [6.07, 6.45) is 0.750. The molecule has 0 aliphatic rings. The van der Waals surface area contributed by atoms with Crippen LogP contribution in [0.1, 0.15) is 20.3 Å². The van der Waals surface area contributed by atoms with Crippen LogP contribution in [0.5, 0.6) is 0 Å². The highest BCUT2D eigenvalue weighted by Crippen LogP contribution is 2.12. The Morgan fingerprint density at radius 2 is 1.92 bits per heavy atom. The van der Waals surface area contributed by atoms with Crippen LogP contribution < -0.4 is 0 Å². The summed E-state index contributed by atoms with van der Waals surface area (Å²) in [5.41, 5.74) is -0.198. The Hall–Kier alpha value is -0.610. The first-order valence-electron chi connectivity index (χ1n) is 4.21. The maximum absolute atomic E-state index is 10.6. The van der Waals surface area contributed by atoms with Gasteiger partial charge in [-0.05, 0) is 20.3 Å². The first kappa shape index (κ1) is 12.4. The maximum Gasteiger partial charge on any atom is 0.331 e. The highest BCUT2D eigenvalue weighted by atomic mass is 16.6. The van der Waals surface area contributed by atoms with Gasteiger partial charge in [-0.1, -0.05) is 0 Å². The highest BCUT2D eigenvalue weighted by Gasteiger charge is 2.15. The zero-order valence-corrected chi connectivity index (χ0v) is 8.75. The topological polar surface area (TPSA) is 44.8 Å². The van der Waals surface area contributed by atoms with E-state index in [0.717, 1.165) is 6.42 Å². The fourth-order valence-electron chi connectivity index (χ4n) is 0.634. The van der Waals surface area contributed by atoms with Crippen molar-refractivity contribution in [2.75, 3.05) is 27.4 Å². The molecule has 0 aliphatic carbocycles. The molecule has 4 heteroatoms. The van der Waals surface area contributed by atoms with Gasteiger partial charge in [0.25, 0.3) is 0 Å². The van der Waals surface area contributed by atoms with Gasteiger partial charge in [0.1, 0.15) is 6.61 Å². The van der Waals surface area contributed by atoms with Gasteiger partial charge in [-0.3, -0.25) is 0 Å². The molecule has 0 spiro atoms. The van der Waals surface area contributed by atoms with Crippen LogP contribution in [0.25, 0.3) is 0 Å². The van der Waals surface area contributed by atoms with Gasteiger partial charge in [-0.25, -0.2) is 4.79 Å². The third kappa shape index (κ3) is 6.54. The number of carbonyl (C=O) groups is 1. The number of carbonyl (C=O) groups excluding carboxylic acids is 1. The Balaban J connectivity index is 3.41. The molecule has 0 radical (unpaired) electrons. The van der Waals surface area contributed by atoms with E-state index in [0.29, 0.717) is 6.61 Å². The van der Waals surface area contributed by atoms with E-state index in [9.17, 15) is 4.79 Å².